The van der Waals surface area contributed by atoms with E-state index in [0.29, 0.717) is 5.92 Å². The van der Waals surface area contributed by atoms with Crippen molar-refractivity contribution < 1.29 is 4.79 Å². The summed E-state index contributed by atoms with van der Waals surface area (Å²) in [5.74, 6) is 1.71. The number of aromatic nitrogens is 1. The maximum atomic E-state index is 13.0. The predicted octanol–water partition coefficient (Wildman–Crippen LogP) is 2.79. The number of rotatable bonds is 3. The third-order valence-corrected chi connectivity index (χ3v) is 6.18. The molecule has 0 spiro atoms. The van der Waals surface area contributed by atoms with Gasteiger partial charge in [0.15, 0.2) is 0 Å². The van der Waals surface area contributed by atoms with E-state index in [1.165, 1.54) is 32.1 Å². The summed E-state index contributed by atoms with van der Waals surface area (Å²) in [6.07, 6.45) is 10.2. The number of amides is 1. The van der Waals surface area contributed by atoms with Crippen LogP contribution in [0.3, 0.4) is 0 Å². The number of hydrogen-bond acceptors (Lipinski definition) is 4. The molecular weight excluding hydrogens is 300 g/mol. The molecule has 1 aromatic heterocycles. The molecule has 1 saturated carbocycles. The molecule has 2 atom stereocenters. The number of pyridine rings is 1. The van der Waals surface area contributed by atoms with Crippen LogP contribution in [-0.2, 0) is 4.79 Å². The third-order valence-electron chi connectivity index (χ3n) is 6.18. The van der Waals surface area contributed by atoms with E-state index in [1.807, 2.05) is 18.3 Å². The molecule has 1 aliphatic carbocycles. The molecule has 0 unspecified atom stereocenters. The van der Waals surface area contributed by atoms with Crippen molar-refractivity contribution in [3.63, 3.8) is 0 Å². The molecule has 24 heavy (non-hydrogen) atoms. The Morgan fingerprint density at radius 1 is 1.21 bits per heavy atom. The average Bonchev–Trinajstić information content (AvgIpc) is 3.08. The van der Waals surface area contributed by atoms with Gasteiger partial charge in [0.05, 0.1) is 17.3 Å². The van der Waals surface area contributed by atoms with Crippen molar-refractivity contribution in [3.8, 4) is 0 Å². The molecule has 3 heterocycles. The first-order valence-electron chi connectivity index (χ1n) is 9.51. The molecule has 1 amide bonds. The quantitative estimate of drug-likeness (QED) is 0.896. The Balaban J connectivity index is 1.44. The van der Waals surface area contributed by atoms with Crippen molar-refractivity contribution in [3.05, 3.63) is 18.3 Å². The summed E-state index contributed by atoms with van der Waals surface area (Å²) in [7, 11) is 0. The van der Waals surface area contributed by atoms with Crippen molar-refractivity contribution in [1.29, 1.82) is 0 Å². The molecule has 4 rings (SSSR count). The Bertz CT molecular complexity index is 582. The zero-order chi connectivity index (χ0) is 16.4. The van der Waals surface area contributed by atoms with Crippen molar-refractivity contribution in [2.45, 2.75) is 44.9 Å². The summed E-state index contributed by atoms with van der Waals surface area (Å²) in [6.45, 7) is 3.99. The second-order valence-electron chi connectivity index (χ2n) is 7.64. The summed E-state index contributed by atoms with van der Waals surface area (Å²) in [6, 6.07) is 4.05. The van der Waals surface area contributed by atoms with Crippen LogP contribution in [-0.4, -0.2) is 37.1 Å². The first-order chi connectivity index (χ1) is 11.8. The van der Waals surface area contributed by atoms with Crippen LogP contribution in [0, 0.1) is 11.3 Å². The average molecular weight is 328 g/mol. The Hall–Kier alpha value is -1.62. The van der Waals surface area contributed by atoms with Gasteiger partial charge in [-0.25, -0.2) is 4.98 Å². The van der Waals surface area contributed by atoms with E-state index in [-0.39, 0.29) is 11.3 Å². The lowest BCUT2D eigenvalue weighted by atomic mass is 9.67. The van der Waals surface area contributed by atoms with Crippen LogP contribution < -0.4 is 15.5 Å². The van der Waals surface area contributed by atoms with Gasteiger partial charge in [-0.15, -0.1) is 0 Å². The number of hydrogen-bond donors (Lipinski definition) is 2. The van der Waals surface area contributed by atoms with Gasteiger partial charge in [-0.1, -0.05) is 12.8 Å². The summed E-state index contributed by atoms with van der Waals surface area (Å²) < 4.78 is 0. The molecule has 0 aromatic carbocycles. The maximum Gasteiger partial charge on any atom is 0.232 e. The van der Waals surface area contributed by atoms with Crippen molar-refractivity contribution in [1.82, 2.24) is 10.3 Å². The topological polar surface area (TPSA) is 57.3 Å². The van der Waals surface area contributed by atoms with Gasteiger partial charge in [0.25, 0.3) is 0 Å². The van der Waals surface area contributed by atoms with E-state index < -0.39 is 0 Å². The van der Waals surface area contributed by atoms with Gasteiger partial charge in [-0.3, -0.25) is 4.79 Å². The lowest BCUT2D eigenvalue weighted by Crippen LogP contribution is -2.44. The smallest absolute Gasteiger partial charge is 0.232 e. The lowest BCUT2D eigenvalue weighted by Gasteiger charge is -2.37. The van der Waals surface area contributed by atoms with Gasteiger partial charge in [-0.2, -0.15) is 0 Å². The van der Waals surface area contributed by atoms with Gasteiger partial charge in [0.2, 0.25) is 5.91 Å². The zero-order valence-corrected chi connectivity index (χ0v) is 14.4. The Labute approximate surface area is 144 Å². The highest BCUT2D eigenvalue weighted by molar-refractivity contribution is 5.96. The van der Waals surface area contributed by atoms with Gasteiger partial charge in [0.1, 0.15) is 5.82 Å². The summed E-state index contributed by atoms with van der Waals surface area (Å²) >= 11 is 0. The summed E-state index contributed by atoms with van der Waals surface area (Å²) in [4.78, 5) is 19.9. The van der Waals surface area contributed by atoms with Crippen LogP contribution in [0.4, 0.5) is 11.5 Å². The number of piperidine rings is 1. The first kappa shape index (κ1) is 15.9. The highest BCUT2D eigenvalue weighted by Gasteiger charge is 2.49. The van der Waals surface area contributed by atoms with Crippen LogP contribution in [0.1, 0.15) is 44.9 Å². The molecule has 2 saturated heterocycles. The van der Waals surface area contributed by atoms with Crippen molar-refractivity contribution in [2.75, 3.05) is 36.4 Å². The minimum atomic E-state index is -0.205. The monoisotopic (exact) mass is 328 g/mol. The molecular formula is C19H28N4O. The molecule has 0 bridgehead atoms. The normalized spacial score (nSPS) is 30.0. The largest absolute Gasteiger partial charge is 0.357 e. The van der Waals surface area contributed by atoms with Crippen LogP contribution in [0.2, 0.25) is 0 Å². The van der Waals surface area contributed by atoms with Crippen LogP contribution in [0.25, 0.3) is 0 Å². The Morgan fingerprint density at radius 3 is 2.88 bits per heavy atom. The predicted molar refractivity (Wildman–Crippen MR) is 96.2 cm³/mol. The minimum Gasteiger partial charge on any atom is -0.357 e. The fourth-order valence-electron chi connectivity index (χ4n) is 4.72. The van der Waals surface area contributed by atoms with Crippen LogP contribution in [0.5, 0.6) is 0 Å². The number of carbonyl (C=O) groups excluding carboxylic acids is 1. The second kappa shape index (κ2) is 6.71. The maximum absolute atomic E-state index is 13.0. The standard InChI is InChI=1S/C19H28N4O/c24-18(19-9-3-2-6-15(19)12-20-14-19)22-16-7-8-17(21-13-16)23-10-4-1-5-11-23/h7-8,13,15,20H,1-6,9-12,14H2,(H,22,24)/t15-,19+/m0/s1. The van der Waals surface area contributed by atoms with Gasteiger partial charge in [0, 0.05) is 19.6 Å². The summed E-state index contributed by atoms with van der Waals surface area (Å²) in [5.41, 5.74) is 0.621. The molecule has 5 nitrogen and oxygen atoms in total. The van der Waals surface area contributed by atoms with Crippen LogP contribution >= 0.6 is 0 Å². The van der Waals surface area contributed by atoms with Gasteiger partial charge in [-0.05, 0) is 56.7 Å². The molecule has 1 aromatic rings. The number of nitrogens with one attached hydrogen (secondary N) is 2. The molecule has 3 fully saturated rings. The molecule has 2 aliphatic heterocycles. The van der Waals surface area contributed by atoms with E-state index in [0.717, 1.165) is 50.5 Å². The Morgan fingerprint density at radius 2 is 2.08 bits per heavy atom. The van der Waals surface area contributed by atoms with E-state index >= 15 is 0 Å². The van der Waals surface area contributed by atoms with Gasteiger partial charge >= 0.3 is 0 Å². The minimum absolute atomic E-state index is 0.185. The highest BCUT2D eigenvalue weighted by atomic mass is 16.2. The van der Waals surface area contributed by atoms with Crippen molar-refractivity contribution >= 4 is 17.4 Å². The van der Waals surface area contributed by atoms with E-state index in [4.69, 9.17) is 0 Å². The molecule has 2 N–H and O–H groups in total. The van der Waals surface area contributed by atoms with E-state index in [1.54, 1.807) is 0 Å². The molecule has 3 aliphatic rings. The Kier molecular flexibility index (Phi) is 4.44. The van der Waals surface area contributed by atoms with Crippen LogP contribution in [0.15, 0.2) is 18.3 Å². The molecule has 5 heteroatoms. The lowest BCUT2D eigenvalue weighted by molar-refractivity contribution is -0.128. The SMILES string of the molecule is O=C(Nc1ccc(N2CCCCC2)nc1)[C@@]12CCCC[C@H]1CNC2. The molecule has 0 radical (unpaired) electrons. The number of fused-ring (bicyclic) bond motifs is 1. The fourth-order valence-corrected chi connectivity index (χ4v) is 4.72. The van der Waals surface area contributed by atoms with Gasteiger partial charge < -0.3 is 15.5 Å². The first-order valence-corrected chi connectivity index (χ1v) is 9.51. The van der Waals surface area contributed by atoms with E-state index in [2.05, 4.69) is 20.5 Å². The van der Waals surface area contributed by atoms with E-state index in [9.17, 15) is 4.79 Å². The second-order valence-corrected chi connectivity index (χ2v) is 7.64. The van der Waals surface area contributed by atoms with Crippen molar-refractivity contribution in [2.24, 2.45) is 11.3 Å². The number of nitrogens with zero attached hydrogens (tertiary/aromatic N) is 2. The number of anilines is 2. The highest BCUT2D eigenvalue weighted by Crippen LogP contribution is 2.44. The fraction of sp³-hybridized carbons (Fsp3) is 0.684. The number of carbonyl (C=O) groups is 1. The zero-order valence-electron chi connectivity index (χ0n) is 14.4. The summed E-state index contributed by atoms with van der Waals surface area (Å²) in [5, 5.41) is 6.58. The third kappa shape index (κ3) is 2.90. The molecule has 130 valence electrons.